The predicted molar refractivity (Wildman–Crippen MR) is 76.2 cm³/mol. The molecule has 20 heavy (non-hydrogen) atoms. The first kappa shape index (κ1) is 14.4. The number of amides is 1. The first-order valence-corrected chi connectivity index (χ1v) is 6.76. The summed E-state index contributed by atoms with van der Waals surface area (Å²) in [4.78, 5) is 25.8. The van der Waals surface area contributed by atoms with Crippen molar-refractivity contribution in [3.8, 4) is 0 Å². The lowest BCUT2D eigenvalue weighted by molar-refractivity contribution is -0.146. The first-order chi connectivity index (χ1) is 9.52. The van der Waals surface area contributed by atoms with Gasteiger partial charge in [0.1, 0.15) is 0 Å². The second kappa shape index (κ2) is 5.94. The van der Waals surface area contributed by atoms with Crippen LogP contribution in [0.4, 0.5) is 5.69 Å². The fourth-order valence-electron chi connectivity index (χ4n) is 2.55. The molecule has 5 heteroatoms. The Morgan fingerprint density at radius 2 is 2.15 bits per heavy atom. The van der Waals surface area contributed by atoms with E-state index in [-0.39, 0.29) is 17.8 Å². The van der Waals surface area contributed by atoms with Crippen LogP contribution in [-0.2, 0) is 9.53 Å². The number of ether oxygens (including phenoxy) is 1. The molecule has 5 nitrogen and oxygen atoms in total. The van der Waals surface area contributed by atoms with Crippen LogP contribution in [0.1, 0.15) is 28.8 Å². The summed E-state index contributed by atoms with van der Waals surface area (Å²) in [5.74, 6) is -0.594. The number of aryl methyl sites for hydroxylation is 1. The summed E-state index contributed by atoms with van der Waals surface area (Å²) in [5.41, 5.74) is 7.85. The van der Waals surface area contributed by atoms with Crippen molar-refractivity contribution < 1.29 is 14.3 Å². The molecule has 0 aliphatic carbocycles. The number of benzene rings is 1. The van der Waals surface area contributed by atoms with E-state index in [2.05, 4.69) is 0 Å². The largest absolute Gasteiger partial charge is 0.469 e. The summed E-state index contributed by atoms with van der Waals surface area (Å²) in [6, 6.07) is 5.41. The van der Waals surface area contributed by atoms with Gasteiger partial charge in [-0.25, -0.2) is 0 Å². The van der Waals surface area contributed by atoms with Crippen molar-refractivity contribution in [3.63, 3.8) is 0 Å². The van der Waals surface area contributed by atoms with Crippen LogP contribution in [-0.4, -0.2) is 37.0 Å². The van der Waals surface area contributed by atoms with Crippen molar-refractivity contribution in [1.82, 2.24) is 4.90 Å². The fourth-order valence-corrected chi connectivity index (χ4v) is 2.55. The summed E-state index contributed by atoms with van der Waals surface area (Å²) < 4.78 is 4.76. The maximum absolute atomic E-state index is 12.5. The van der Waals surface area contributed by atoms with Gasteiger partial charge in [0.15, 0.2) is 0 Å². The van der Waals surface area contributed by atoms with Gasteiger partial charge in [-0.3, -0.25) is 9.59 Å². The van der Waals surface area contributed by atoms with Crippen molar-refractivity contribution in [2.75, 3.05) is 25.9 Å². The minimum absolute atomic E-state index is 0.111. The van der Waals surface area contributed by atoms with E-state index >= 15 is 0 Å². The number of rotatable bonds is 2. The summed E-state index contributed by atoms with van der Waals surface area (Å²) in [6.45, 7) is 2.97. The molecule has 1 aromatic carbocycles. The highest BCUT2D eigenvalue weighted by Gasteiger charge is 2.30. The Bertz CT molecular complexity index is 528. The Hall–Kier alpha value is -2.04. The highest BCUT2D eigenvalue weighted by molar-refractivity contribution is 5.99. The van der Waals surface area contributed by atoms with E-state index in [1.54, 1.807) is 17.0 Å². The summed E-state index contributed by atoms with van der Waals surface area (Å²) >= 11 is 0. The minimum Gasteiger partial charge on any atom is -0.469 e. The topological polar surface area (TPSA) is 72.6 Å². The van der Waals surface area contributed by atoms with Crippen molar-refractivity contribution in [1.29, 1.82) is 0 Å². The number of nitrogens with two attached hydrogens (primary N) is 1. The molecule has 1 heterocycles. The van der Waals surface area contributed by atoms with Gasteiger partial charge in [0.25, 0.3) is 5.91 Å². The van der Waals surface area contributed by atoms with Gasteiger partial charge in [0.05, 0.1) is 18.6 Å². The van der Waals surface area contributed by atoms with Crippen LogP contribution in [0, 0.1) is 12.8 Å². The van der Waals surface area contributed by atoms with E-state index in [0.717, 1.165) is 18.4 Å². The number of esters is 1. The molecule has 1 saturated heterocycles. The fraction of sp³-hybridized carbons (Fsp3) is 0.467. The molecule has 2 rings (SSSR count). The van der Waals surface area contributed by atoms with E-state index in [9.17, 15) is 9.59 Å². The molecule has 1 atom stereocenters. The van der Waals surface area contributed by atoms with Gasteiger partial charge >= 0.3 is 5.97 Å². The number of carbonyl (C=O) groups is 2. The van der Waals surface area contributed by atoms with E-state index < -0.39 is 0 Å². The lowest BCUT2D eigenvalue weighted by Crippen LogP contribution is -2.42. The van der Waals surface area contributed by atoms with Gasteiger partial charge in [-0.15, -0.1) is 0 Å². The van der Waals surface area contributed by atoms with E-state index in [1.807, 2.05) is 13.0 Å². The molecule has 1 aliphatic heterocycles. The zero-order valence-electron chi connectivity index (χ0n) is 11.9. The molecule has 0 spiro atoms. The van der Waals surface area contributed by atoms with Gasteiger partial charge < -0.3 is 15.4 Å². The second-order valence-corrected chi connectivity index (χ2v) is 5.20. The van der Waals surface area contributed by atoms with Crippen molar-refractivity contribution in [2.24, 2.45) is 5.92 Å². The maximum atomic E-state index is 12.5. The SMILES string of the molecule is COC(=O)C1CCCN(C(=O)c2cc(C)ccc2N)C1. The minimum atomic E-state index is -0.250. The van der Waals surface area contributed by atoms with Gasteiger partial charge in [0.2, 0.25) is 0 Å². The number of anilines is 1. The van der Waals surface area contributed by atoms with E-state index in [0.29, 0.717) is 24.3 Å². The average Bonchev–Trinajstić information content (AvgIpc) is 2.48. The van der Waals surface area contributed by atoms with Crippen LogP contribution < -0.4 is 5.73 Å². The van der Waals surface area contributed by atoms with Crippen LogP contribution in [0.3, 0.4) is 0 Å². The van der Waals surface area contributed by atoms with Crippen molar-refractivity contribution >= 4 is 17.6 Å². The molecule has 1 unspecified atom stereocenters. The zero-order chi connectivity index (χ0) is 14.7. The third-order valence-electron chi connectivity index (χ3n) is 3.68. The normalized spacial score (nSPS) is 18.7. The van der Waals surface area contributed by atoms with Gasteiger partial charge in [0, 0.05) is 18.8 Å². The number of hydrogen-bond donors (Lipinski definition) is 1. The predicted octanol–water partition coefficient (Wildman–Crippen LogP) is 1.60. The van der Waals surface area contributed by atoms with Crippen LogP contribution in [0.5, 0.6) is 0 Å². The number of piperidine rings is 1. The van der Waals surface area contributed by atoms with E-state index in [1.165, 1.54) is 7.11 Å². The summed E-state index contributed by atoms with van der Waals surface area (Å²) in [7, 11) is 1.38. The second-order valence-electron chi connectivity index (χ2n) is 5.20. The van der Waals surface area contributed by atoms with Crippen LogP contribution in [0.15, 0.2) is 18.2 Å². The zero-order valence-corrected chi connectivity index (χ0v) is 11.9. The Kier molecular flexibility index (Phi) is 4.27. The monoisotopic (exact) mass is 276 g/mol. The van der Waals surface area contributed by atoms with Crippen LogP contribution in [0.25, 0.3) is 0 Å². The number of methoxy groups -OCH3 is 1. The molecular weight excluding hydrogens is 256 g/mol. The molecule has 0 radical (unpaired) electrons. The number of carbonyl (C=O) groups excluding carboxylic acids is 2. The third kappa shape index (κ3) is 2.92. The third-order valence-corrected chi connectivity index (χ3v) is 3.68. The molecule has 108 valence electrons. The van der Waals surface area contributed by atoms with Gasteiger partial charge in [-0.2, -0.15) is 0 Å². The number of likely N-dealkylation sites (tertiary alicyclic amines) is 1. The highest BCUT2D eigenvalue weighted by atomic mass is 16.5. The quantitative estimate of drug-likeness (QED) is 0.658. The lowest BCUT2D eigenvalue weighted by atomic mass is 9.97. The van der Waals surface area contributed by atoms with Crippen molar-refractivity contribution in [2.45, 2.75) is 19.8 Å². The van der Waals surface area contributed by atoms with E-state index in [4.69, 9.17) is 10.5 Å². The highest BCUT2D eigenvalue weighted by Crippen LogP contribution is 2.22. The lowest BCUT2D eigenvalue weighted by Gasteiger charge is -2.31. The number of nitrogen functional groups attached to an aromatic ring is 1. The molecular formula is C15H20N2O3. The summed E-state index contributed by atoms with van der Waals surface area (Å²) in [5, 5.41) is 0. The molecule has 0 saturated carbocycles. The van der Waals surface area contributed by atoms with Crippen molar-refractivity contribution in [3.05, 3.63) is 29.3 Å². The molecule has 1 aliphatic rings. The maximum Gasteiger partial charge on any atom is 0.310 e. The molecule has 1 amide bonds. The smallest absolute Gasteiger partial charge is 0.310 e. The molecule has 0 bridgehead atoms. The van der Waals surface area contributed by atoms with Crippen LogP contribution >= 0.6 is 0 Å². The molecule has 1 fully saturated rings. The average molecular weight is 276 g/mol. The summed E-state index contributed by atoms with van der Waals surface area (Å²) in [6.07, 6.45) is 1.57. The Labute approximate surface area is 118 Å². The van der Waals surface area contributed by atoms with Gasteiger partial charge in [-0.1, -0.05) is 11.6 Å². The van der Waals surface area contributed by atoms with Crippen LogP contribution in [0.2, 0.25) is 0 Å². The Morgan fingerprint density at radius 3 is 2.85 bits per heavy atom. The molecule has 2 N–H and O–H groups in total. The Balaban J connectivity index is 2.16. The molecule has 1 aromatic rings. The first-order valence-electron chi connectivity index (χ1n) is 6.76. The van der Waals surface area contributed by atoms with Gasteiger partial charge in [-0.05, 0) is 31.9 Å². The number of hydrogen-bond acceptors (Lipinski definition) is 4. The molecule has 0 aromatic heterocycles. The standard InChI is InChI=1S/C15H20N2O3/c1-10-5-6-13(16)12(8-10)14(18)17-7-3-4-11(9-17)15(19)20-2/h5-6,8,11H,3-4,7,9,16H2,1-2H3. The Morgan fingerprint density at radius 1 is 1.40 bits per heavy atom. The number of nitrogens with zero attached hydrogens (tertiary/aromatic N) is 1.